The highest BCUT2D eigenvalue weighted by Gasteiger charge is 2.06. The largest absolute Gasteiger partial charge is 0.507 e. The molecule has 1 aromatic carbocycles. The predicted molar refractivity (Wildman–Crippen MR) is 52.3 cm³/mol. The summed E-state index contributed by atoms with van der Waals surface area (Å²) in [6.07, 6.45) is 3.46. The number of phenolic OH excluding ortho intramolecular Hbond substituents is 1. The van der Waals surface area contributed by atoms with Crippen LogP contribution in [0.5, 0.6) is 5.75 Å². The number of hydrogen-bond acceptors (Lipinski definition) is 2. The fourth-order valence-corrected chi connectivity index (χ4v) is 1.31. The Morgan fingerprint density at radius 2 is 1.85 bits per heavy atom. The molecule has 0 amide bonds. The van der Waals surface area contributed by atoms with Crippen molar-refractivity contribution < 1.29 is 5.11 Å². The summed E-state index contributed by atoms with van der Waals surface area (Å²) in [6.45, 7) is 0. The first kappa shape index (κ1) is 7.73. The van der Waals surface area contributed by atoms with Crippen molar-refractivity contribution in [1.29, 1.82) is 0 Å². The Hall–Kier alpha value is -1.90. The summed E-state index contributed by atoms with van der Waals surface area (Å²) >= 11 is 0. The molecule has 1 aromatic heterocycles. The number of benzene rings is 1. The zero-order chi connectivity index (χ0) is 9.26. The van der Waals surface area contributed by atoms with Crippen LogP contribution in [0.4, 0.5) is 5.69 Å². The van der Waals surface area contributed by atoms with Gasteiger partial charge in [-0.05, 0) is 6.07 Å². The molecule has 4 N–H and O–H groups in total. The molecule has 1 heterocycles. The molecule has 0 fully saturated rings. The summed E-state index contributed by atoms with van der Waals surface area (Å²) in [4.78, 5) is 2.89. The van der Waals surface area contributed by atoms with E-state index in [-0.39, 0.29) is 5.75 Å². The van der Waals surface area contributed by atoms with Crippen LogP contribution in [-0.4, -0.2) is 10.1 Å². The van der Waals surface area contributed by atoms with Gasteiger partial charge in [0.2, 0.25) is 0 Å². The average molecular weight is 174 g/mol. The Labute approximate surface area is 75.8 Å². The number of nitrogens with one attached hydrogen (secondary N) is 1. The van der Waals surface area contributed by atoms with E-state index in [1.54, 1.807) is 24.5 Å². The van der Waals surface area contributed by atoms with E-state index in [1.165, 1.54) is 0 Å². The van der Waals surface area contributed by atoms with Gasteiger partial charge in [0.05, 0.1) is 5.69 Å². The zero-order valence-electron chi connectivity index (χ0n) is 6.99. The van der Waals surface area contributed by atoms with Gasteiger partial charge in [-0.15, -0.1) is 0 Å². The van der Waals surface area contributed by atoms with E-state index in [4.69, 9.17) is 5.73 Å². The fraction of sp³-hybridized carbons (Fsp3) is 0. The summed E-state index contributed by atoms with van der Waals surface area (Å²) in [7, 11) is 0. The third-order valence-electron chi connectivity index (χ3n) is 1.97. The predicted octanol–water partition coefficient (Wildman–Crippen LogP) is 1.97. The molecule has 2 aromatic rings. The molecule has 0 spiro atoms. The SMILES string of the molecule is Nc1c[nH]cc1-c1ccccc1O. The van der Waals surface area contributed by atoms with Gasteiger partial charge in [0.25, 0.3) is 0 Å². The lowest BCUT2D eigenvalue weighted by Gasteiger charge is -2.01. The monoisotopic (exact) mass is 174 g/mol. The molecule has 0 aliphatic carbocycles. The first-order valence-electron chi connectivity index (χ1n) is 3.99. The number of aromatic nitrogens is 1. The van der Waals surface area contributed by atoms with E-state index in [2.05, 4.69) is 4.98 Å². The van der Waals surface area contributed by atoms with Gasteiger partial charge in [0.15, 0.2) is 0 Å². The highest BCUT2D eigenvalue weighted by molar-refractivity contribution is 5.79. The van der Waals surface area contributed by atoms with Crippen molar-refractivity contribution in [1.82, 2.24) is 4.98 Å². The van der Waals surface area contributed by atoms with Crippen LogP contribution >= 0.6 is 0 Å². The van der Waals surface area contributed by atoms with Crippen molar-refractivity contribution in [3.63, 3.8) is 0 Å². The normalized spacial score (nSPS) is 10.2. The second kappa shape index (κ2) is 2.86. The van der Waals surface area contributed by atoms with Crippen molar-refractivity contribution >= 4 is 5.69 Å². The van der Waals surface area contributed by atoms with Gasteiger partial charge in [-0.2, -0.15) is 0 Å². The number of hydrogen-bond donors (Lipinski definition) is 3. The molecule has 66 valence electrons. The minimum absolute atomic E-state index is 0.244. The highest BCUT2D eigenvalue weighted by atomic mass is 16.3. The first-order chi connectivity index (χ1) is 6.29. The van der Waals surface area contributed by atoms with E-state index in [0.717, 1.165) is 11.1 Å². The van der Waals surface area contributed by atoms with Crippen molar-refractivity contribution in [3.8, 4) is 16.9 Å². The Bertz CT molecular complexity index is 420. The number of para-hydroxylation sites is 1. The Morgan fingerprint density at radius 1 is 1.08 bits per heavy atom. The molecule has 0 saturated carbocycles. The van der Waals surface area contributed by atoms with Gasteiger partial charge in [-0.1, -0.05) is 18.2 Å². The van der Waals surface area contributed by atoms with Crippen LogP contribution < -0.4 is 5.73 Å². The number of phenols is 1. The van der Waals surface area contributed by atoms with Crippen LogP contribution in [0.3, 0.4) is 0 Å². The van der Waals surface area contributed by atoms with E-state index >= 15 is 0 Å². The zero-order valence-corrected chi connectivity index (χ0v) is 6.99. The second-order valence-corrected chi connectivity index (χ2v) is 2.84. The minimum atomic E-state index is 0.244. The summed E-state index contributed by atoms with van der Waals surface area (Å²) in [5.41, 5.74) is 7.92. The molecule has 0 saturated heterocycles. The second-order valence-electron chi connectivity index (χ2n) is 2.84. The lowest BCUT2D eigenvalue weighted by atomic mass is 10.1. The van der Waals surface area contributed by atoms with E-state index in [0.29, 0.717) is 5.69 Å². The maximum Gasteiger partial charge on any atom is 0.123 e. The molecule has 2 rings (SSSR count). The van der Waals surface area contributed by atoms with Crippen molar-refractivity contribution in [2.45, 2.75) is 0 Å². The first-order valence-corrected chi connectivity index (χ1v) is 3.99. The highest BCUT2D eigenvalue weighted by Crippen LogP contribution is 2.32. The molecule has 3 nitrogen and oxygen atoms in total. The molecular weight excluding hydrogens is 164 g/mol. The topological polar surface area (TPSA) is 62.0 Å². The quantitative estimate of drug-likeness (QED) is 0.619. The molecule has 0 aliphatic heterocycles. The molecule has 0 atom stereocenters. The molecule has 0 unspecified atom stereocenters. The third-order valence-corrected chi connectivity index (χ3v) is 1.97. The summed E-state index contributed by atoms with van der Waals surface area (Å²) in [5.74, 6) is 0.244. The van der Waals surface area contributed by atoms with Gasteiger partial charge in [-0.3, -0.25) is 0 Å². The fourth-order valence-electron chi connectivity index (χ4n) is 1.31. The van der Waals surface area contributed by atoms with E-state index < -0.39 is 0 Å². The maximum atomic E-state index is 9.54. The third kappa shape index (κ3) is 1.24. The van der Waals surface area contributed by atoms with Crippen LogP contribution in [0.15, 0.2) is 36.7 Å². The number of rotatable bonds is 1. The van der Waals surface area contributed by atoms with Crippen LogP contribution in [-0.2, 0) is 0 Å². The molecule has 0 radical (unpaired) electrons. The summed E-state index contributed by atoms with van der Waals surface area (Å²) in [6, 6.07) is 7.11. The van der Waals surface area contributed by atoms with Crippen LogP contribution in [0.25, 0.3) is 11.1 Å². The van der Waals surface area contributed by atoms with Crippen molar-refractivity contribution in [3.05, 3.63) is 36.7 Å². The summed E-state index contributed by atoms with van der Waals surface area (Å²) < 4.78 is 0. The lowest BCUT2D eigenvalue weighted by Crippen LogP contribution is -1.84. The van der Waals surface area contributed by atoms with Gasteiger partial charge in [0.1, 0.15) is 5.75 Å². The standard InChI is InChI=1S/C10H10N2O/c11-9-6-12-5-8(9)7-3-1-2-4-10(7)13/h1-6,12-13H,11H2. The van der Waals surface area contributed by atoms with Gasteiger partial charge < -0.3 is 15.8 Å². The lowest BCUT2D eigenvalue weighted by molar-refractivity contribution is 0.477. The smallest absolute Gasteiger partial charge is 0.123 e. The van der Waals surface area contributed by atoms with Crippen molar-refractivity contribution in [2.24, 2.45) is 0 Å². The van der Waals surface area contributed by atoms with Crippen LogP contribution in [0.2, 0.25) is 0 Å². The Kier molecular flexibility index (Phi) is 1.70. The van der Waals surface area contributed by atoms with E-state index in [9.17, 15) is 5.11 Å². The molecule has 3 heteroatoms. The number of aromatic amines is 1. The molecule has 0 bridgehead atoms. The van der Waals surface area contributed by atoms with Crippen LogP contribution in [0.1, 0.15) is 0 Å². The maximum absolute atomic E-state index is 9.54. The molecular formula is C10H10N2O. The number of nitrogen functional groups attached to an aromatic ring is 1. The van der Waals surface area contributed by atoms with Gasteiger partial charge in [0, 0.05) is 23.5 Å². The van der Waals surface area contributed by atoms with Crippen LogP contribution in [0, 0.1) is 0 Å². The van der Waals surface area contributed by atoms with Gasteiger partial charge in [-0.25, -0.2) is 0 Å². The number of aromatic hydroxyl groups is 1. The Balaban J connectivity index is 2.59. The average Bonchev–Trinajstić information content (AvgIpc) is 2.52. The number of anilines is 1. The van der Waals surface area contributed by atoms with E-state index in [1.807, 2.05) is 12.1 Å². The molecule has 0 aliphatic rings. The Morgan fingerprint density at radius 3 is 2.46 bits per heavy atom. The number of nitrogens with two attached hydrogens (primary N) is 1. The molecule has 13 heavy (non-hydrogen) atoms. The number of H-pyrrole nitrogens is 1. The minimum Gasteiger partial charge on any atom is -0.507 e. The van der Waals surface area contributed by atoms with Gasteiger partial charge >= 0.3 is 0 Å². The summed E-state index contributed by atoms with van der Waals surface area (Å²) in [5, 5.41) is 9.54. The van der Waals surface area contributed by atoms with Crippen molar-refractivity contribution in [2.75, 3.05) is 5.73 Å².